The smallest absolute Gasteiger partial charge is 0.256 e. The molecule has 0 radical (unpaired) electrons. The minimum Gasteiger partial charge on any atom is -0.304 e. The Balaban J connectivity index is 2.12. The summed E-state index contributed by atoms with van der Waals surface area (Å²) in [4.78, 5) is 13.3. The first-order chi connectivity index (χ1) is 6.83. The van der Waals surface area contributed by atoms with E-state index in [-0.39, 0.29) is 5.91 Å². The van der Waals surface area contributed by atoms with Crippen LogP contribution in [-0.2, 0) is 4.79 Å². The summed E-state index contributed by atoms with van der Waals surface area (Å²) in [7, 11) is 0. The molecule has 0 unspecified atom stereocenters. The van der Waals surface area contributed by atoms with E-state index in [0.717, 1.165) is 11.3 Å². The average Bonchev–Trinajstić information content (AvgIpc) is 2.24. The number of carbonyl (C=O) groups is 1. The van der Waals surface area contributed by atoms with E-state index >= 15 is 0 Å². The summed E-state index contributed by atoms with van der Waals surface area (Å²) < 4.78 is 0. The molecular weight excluding hydrogens is 198 g/mol. The zero-order valence-electron chi connectivity index (χ0n) is 7.61. The first kappa shape index (κ1) is 9.28. The highest BCUT2D eigenvalue weighted by molar-refractivity contribution is 6.20. The number of allylic oxidation sites excluding steroid dienone is 1. The van der Waals surface area contributed by atoms with Crippen LogP contribution in [0.2, 0.25) is 0 Å². The third kappa shape index (κ3) is 1.53. The number of alkyl halides is 1. The Bertz CT molecular complexity index is 372. The van der Waals surface area contributed by atoms with Gasteiger partial charge in [0.15, 0.2) is 0 Å². The van der Waals surface area contributed by atoms with Gasteiger partial charge in [-0.15, -0.1) is 11.6 Å². The highest BCUT2D eigenvalue weighted by atomic mass is 35.5. The normalized spacial score (nSPS) is 18.5. The van der Waals surface area contributed by atoms with Crippen molar-refractivity contribution in [2.75, 3.05) is 17.3 Å². The maximum absolute atomic E-state index is 11.6. The maximum atomic E-state index is 11.6. The SMILES string of the molecule is O=C1/C(=C/CCl)CN1c1ccccc1. The van der Waals surface area contributed by atoms with Crippen molar-refractivity contribution in [2.45, 2.75) is 0 Å². The number of anilines is 1. The van der Waals surface area contributed by atoms with Gasteiger partial charge in [-0.25, -0.2) is 0 Å². The number of carbonyl (C=O) groups excluding carboxylic acids is 1. The van der Waals surface area contributed by atoms with Crippen LogP contribution in [0.25, 0.3) is 0 Å². The molecule has 1 aliphatic heterocycles. The molecule has 1 saturated heterocycles. The largest absolute Gasteiger partial charge is 0.304 e. The van der Waals surface area contributed by atoms with Gasteiger partial charge in [0.05, 0.1) is 6.54 Å². The maximum Gasteiger partial charge on any atom is 0.256 e. The standard InChI is InChI=1S/C11H10ClNO/c12-7-6-9-8-13(11(9)14)10-4-2-1-3-5-10/h1-6H,7-8H2/b9-6+. The zero-order valence-corrected chi connectivity index (χ0v) is 8.37. The van der Waals surface area contributed by atoms with E-state index in [1.54, 1.807) is 11.0 Å². The number of halogens is 1. The molecule has 1 aromatic carbocycles. The van der Waals surface area contributed by atoms with Crippen molar-refractivity contribution in [1.82, 2.24) is 0 Å². The summed E-state index contributed by atoms with van der Waals surface area (Å²) in [5, 5.41) is 0. The van der Waals surface area contributed by atoms with Crippen molar-refractivity contribution in [3.63, 3.8) is 0 Å². The lowest BCUT2D eigenvalue weighted by molar-refractivity contribution is -0.117. The quantitative estimate of drug-likeness (QED) is 0.414. The molecule has 1 aliphatic rings. The number of nitrogens with zero attached hydrogens (tertiary/aromatic N) is 1. The number of rotatable bonds is 2. The third-order valence-electron chi connectivity index (χ3n) is 2.24. The van der Waals surface area contributed by atoms with Crippen LogP contribution in [0.4, 0.5) is 5.69 Å². The summed E-state index contributed by atoms with van der Waals surface area (Å²) in [5.74, 6) is 0.473. The second kappa shape index (κ2) is 3.84. The number of hydrogen-bond donors (Lipinski definition) is 0. The van der Waals surface area contributed by atoms with E-state index in [2.05, 4.69) is 0 Å². The van der Waals surface area contributed by atoms with Gasteiger partial charge in [-0.3, -0.25) is 4.79 Å². The molecule has 14 heavy (non-hydrogen) atoms. The minimum atomic E-state index is 0.0665. The molecule has 0 bridgehead atoms. The lowest BCUT2D eigenvalue weighted by atomic mass is 10.1. The van der Waals surface area contributed by atoms with E-state index in [1.165, 1.54) is 0 Å². The molecule has 1 fully saturated rings. The number of amides is 1. The van der Waals surface area contributed by atoms with Crippen molar-refractivity contribution in [3.05, 3.63) is 42.0 Å². The number of β-lactam (4-membered cyclic amide) rings is 1. The van der Waals surface area contributed by atoms with Gasteiger partial charge in [0.1, 0.15) is 0 Å². The van der Waals surface area contributed by atoms with Crippen LogP contribution >= 0.6 is 11.6 Å². The molecule has 1 aromatic rings. The Morgan fingerprint density at radius 2 is 2.07 bits per heavy atom. The highest BCUT2D eigenvalue weighted by Gasteiger charge is 2.30. The van der Waals surface area contributed by atoms with Crippen LogP contribution < -0.4 is 4.90 Å². The summed E-state index contributed by atoms with van der Waals surface area (Å²) in [5.41, 5.74) is 1.76. The number of hydrogen-bond acceptors (Lipinski definition) is 1. The fraction of sp³-hybridized carbons (Fsp3) is 0.182. The monoisotopic (exact) mass is 207 g/mol. The Labute approximate surface area is 87.8 Å². The van der Waals surface area contributed by atoms with E-state index in [4.69, 9.17) is 11.6 Å². The molecule has 1 amide bonds. The van der Waals surface area contributed by atoms with Crippen molar-refractivity contribution < 1.29 is 4.79 Å². The van der Waals surface area contributed by atoms with Crippen LogP contribution in [0.1, 0.15) is 0 Å². The predicted molar refractivity (Wildman–Crippen MR) is 57.6 cm³/mol. The van der Waals surface area contributed by atoms with Gasteiger partial charge < -0.3 is 4.90 Å². The highest BCUT2D eigenvalue weighted by Crippen LogP contribution is 2.24. The lowest BCUT2D eigenvalue weighted by Gasteiger charge is -2.33. The van der Waals surface area contributed by atoms with Gasteiger partial charge in [-0.05, 0) is 12.1 Å². The Morgan fingerprint density at radius 1 is 1.36 bits per heavy atom. The number of benzene rings is 1. The fourth-order valence-corrected chi connectivity index (χ4v) is 1.64. The minimum absolute atomic E-state index is 0.0665. The molecule has 0 aromatic heterocycles. The van der Waals surface area contributed by atoms with Crippen LogP contribution in [0.3, 0.4) is 0 Å². The second-order valence-electron chi connectivity index (χ2n) is 3.11. The number of para-hydroxylation sites is 1. The first-order valence-corrected chi connectivity index (χ1v) is 4.98. The van der Waals surface area contributed by atoms with Crippen LogP contribution in [0, 0.1) is 0 Å². The molecule has 3 heteroatoms. The van der Waals surface area contributed by atoms with Gasteiger partial charge in [0.25, 0.3) is 5.91 Å². The van der Waals surface area contributed by atoms with Gasteiger partial charge in [-0.1, -0.05) is 24.3 Å². The molecule has 0 spiro atoms. The van der Waals surface area contributed by atoms with Crippen molar-refractivity contribution in [1.29, 1.82) is 0 Å². The summed E-state index contributed by atoms with van der Waals surface area (Å²) in [6.07, 6.45) is 1.77. The van der Waals surface area contributed by atoms with E-state index < -0.39 is 0 Å². The Kier molecular flexibility index (Phi) is 2.55. The van der Waals surface area contributed by atoms with Crippen LogP contribution in [-0.4, -0.2) is 18.3 Å². The molecular formula is C11H10ClNO. The molecule has 2 nitrogen and oxygen atoms in total. The van der Waals surface area contributed by atoms with Gasteiger partial charge in [0.2, 0.25) is 0 Å². The average molecular weight is 208 g/mol. The van der Waals surface area contributed by atoms with Crippen molar-refractivity contribution >= 4 is 23.2 Å². The molecule has 0 saturated carbocycles. The summed E-state index contributed by atoms with van der Waals surface area (Å²) in [6, 6.07) is 9.63. The first-order valence-electron chi connectivity index (χ1n) is 4.45. The van der Waals surface area contributed by atoms with Crippen molar-refractivity contribution in [2.24, 2.45) is 0 Å². The van der Waals surface area contributed by atoms with Crippen LogP contribution in [0.5, 0.6) is 0 Å². The summed E-state index contributed by atoms with van der Waals surface area (Å²) >= 11 is 5.52. The third-order valence-corrected chi connectivity index (χ3v) is 2.39. The van der Waals surface area contributed by atoms with Crippen LogP contribution in [0.15, 0.2) is 42.0 Å². The molecule has 0 N–H and O–H groups in total. The molecule has 0 aliphatic carbocycles. The van der Waals surface area contributed by atoms with Gasteiger partial charge >= 0.3 is 0 Å². The second-order valence-corrected chi connectivity index (χ2v) is 3.42. The summed E-state index contributed by atoms with van der Waals surface area (Å²) in [6.45, 7) is 0.676. The lowest BCUT2D eigenvalue weighted by Crippen LogP contribution is -2.46. The molecule has 0 atom stereocenters. The van der Waals surface area contributed by atoms with E-state index in [9.17, 15) is 4.79 Å². The molecule has 72 valence electrons. The Hall–Kier alpha value is -1.28. The zero-order chi connectivity index (χ0) is 9.97. The van der Waals surface area contributed by atoms with Gasteiger partial charge in [-0.2, -0.15) is 0 Å². The fourth-order valence-electron chi connectivity index (χ4n) is 1.45. The van der Waals surface area contributed by atoms with Gasteiger partial charge in [0, 0.05) is 17.1 Å². The van der Waals surface area contributed by atoms with E-state index in [1.807, 2.05) is 30.3 Å². The van der Waals surface area contributed by atoms with Crippen molar-refractivity contribution in [3.8, 4) is 0 Å². The van der Waals surface area contributed by atoms with E-state index in [0.29, 0.717) is 12.4 Å². The topological polar surface area (TPSA) is 20.3 Å². The Morgan fingerprint density at radius 3 is 2.64 bits per heavy atom. The molecule has 1 heterocycles. The molecule has 2 rings (SSSR count). The predicted octanol–water partition coefficient (Wildman–Crippen LogP) is 2.20.